The SMILES string of the molecule is CC(=O)N1CC(Nc2cc(C(=O)NCC(C)(O)CN3CCc4ccccc4C3)ncn2)C1. The van der Waals surface area contributed by atoms with E-state index in [1.807, 2.05) is 6.07 Å². The van der Waals surface area contributed by atoms with E-state index >= 15 is 0 Å². The van der Waals surface area contributed by atoms with Gasteiger partial charge in [0.25, 0.3) is 5.91 Å². The third kappa shape index (κ3) is 5.41. The predicted molar refractivity (Wildman–Crippen MR) is 120 cm³/mol. The zero-order valence-electron chi connectivity index (χ0n) is 18.5. The first-order chi connectivity index (χ1) is 15.3. The number of aromatic nitrogens is 2. The van der Waals surface area contributed by atoms with Crippen molar-refractivity contribution in [1.82, 2.24) is 25.1 Å². The molecule has 2 amide bonds. The maximum atomic E-state index is 12.6. The fourth-order valence-corrected chi connectivity index (χ4v) is 4.18. The van der Waals surface area contributed by atoms with Gasteiger partial charge in [0.05, 0.1) is 11.6 Å². The van der Waals surface area contributed by atoms with Crippen molar-refractivity contribution in [1.29, 1.82) is 0 Å². The number of hydrogen-bond donors (Lipinski definition) is 3. The molecule has 1 unspecified atom stereocenters. The Morgan fingerprint density at radius 3 is 2.72 bits per heavy atom. The van der Waals surface area contributed by atoms with Gasteiger partial charge in [-0.1, -0.05) is 24.3 Å². The van der Waals surface area contributed by atoms with Crippen LogP contribution in [0.3, 0.4) is 0 Å². The van der Waals surface area contributed by atoms with Crippen LogP contribution in [-0.4, -0.2) is 81.1 Å². The topological polar surface area (TPSA) is 111 Å². The fraction of sp³-hybridized carbons (Fsp3) is 0.478. The number of aliphatic hydroxyl groups is 1. The van der Waals surface area contributed by atoms with Gasteiger partial charge in [-0.05, 0) is 24.5 Å². The molecule has 4 rings (SSSR count). The van der Waals surface area contributed by atoms with Crippen molar-refractivity contribution >= 4 is 17.6 Å². The van der Waals surface area contributed by atoms with Crippen molar-refractivity contribution < 1.29 is 14.7 Å². The molecule has 0 spiro atoms. The number of amides is 2. The van der Waals surface area contributed by atoms with Crippen LogP contribution in [-0.2, 0) is 17.8 Å². The van der Waals surface area contributed by atoms with Crippen molar-refractivity contribution in [2.45, 2.75) is 38.5 Å². The van der Waals surface area contributed by atoms with E-state index in [2.05, 4.69) is 43.7 Å². The molecule has 2 aromatic rings. The standard InChI is InChI=1S/C23H30N6O3/c1-16(30)29-11-19(12-29)27-21-9-20(25-15-26-21)22(31)24-13-23(2,32)14-28-8-7-17-5-3-4-6-18(17)10-28/h3-6,9,15,19,32H,7-8,10-14H2,1-2H3,(H,24,31)(H,25,26,27). The Hall–Kier alpha value is -3.04. The number of benzene rings is 1. The smallest absolute Gasteiger partial charge is 0.270 e. The molecule has 1 saturated heterocycles. The van der Waals surface area contributed by atoms with Crippen LogP contribution in [0.1, 0.15) is 35.5 Å². The molecule has 0 saturated carbocycles. The number of fused-ring (bicyclic) bond motifs is 1. The average molecular weight is 439 g/mol. The highest BCUT2D eigenvalue weighted by Crippen LogP contribution is 2.20. The molecule has 2 aliphatic heterocycles. The zero-order valence-corrected chi connectivity index (χ0v) is 18.5. The highest BCUT2D eigenvalue weighted by molar-refractivity contribution is 5.92. The van der Waals surface area contributed by atoms with Gasteiger partial charge in [0.2, 0.25) is 5.91 Å². The molecular formula is C23H30N6O3. The summed E-state index contributed by atoms with van der Waals surface area (Å²) in [7, 11) is 0. The first-order valence-corrected chi connectivity index (χ1v) is 10.9. The number of β-amino-alcohol motifs (C(OH)–C–C–N with tert-alkyl or cyclic N) is 1. The minimum Gasteiger partial charge on any atom is -0.387 e. The highest BCUT2D eigenvalue weighted by Gasteiger charge is 2.29. The first-order valence-electron chi connectivity index (χ1n) is 10.9. The van der Waals surface area contributed by atoms with Crippen LogP contribution in [0.25, 0.3) is 0 Å². The van der Waals surface area contributed by atoms with E-state index in [0.717, 1.165) is 19.5 Å². The third-order valence-corrected chi connectivity index (χ3v) is 5.98. The molecule has 170 valence electrons. The first kappa shape index (κ1) is 22.2. The highest BCUT2D eigenvalue weighted by atomic mass is 16.3. The second-order valence-corrected chi connectivity index (χ2v) is 8.96. The average Bonchev–Trinajstić information content (AvgIpc) is 2.74. The van der Waals surface area contributed by atoms with Crippen molar-refractivity contribution in [3.8, 4) is 0 Å². The number of carbonyl (C=O) groups excluding carboxylic acids is 2. The van der Waals surface area contributed by atoms with Gasteiger partial charge in [-0.2, -0.15) is 0 Å². The number of rotatable bonds is 7. The van der Waals surface area contributed by atoms with Crippen LogP contribution in [0, 0.1) is 0 Å². The Morgan fingerprint density at radius 1 is 1.22 bits per heavy atom. The summed E-state index contributed by atoms with van der Waals surface area (Å²) in [5.41, 5.74) is 1.81. The zero-order chi connectivity index (χ0) is 22.7. The summed E-state index contributed by atoms with van der Waals surface area (Å²) in [6.07, 6.45) is 2.29. The van der Waals surface area contributed by atoms with Gasteiger partial charge in [-0.15, -0.1) is 0 Å². The van der Waals surface area contributed by atoms with Gasteiger partial charge in [0.1, 0.15) is 17.8 Å². The lowest BCUT2D eigenvalue weighted by Crippen LogP contribution is -2.56. The largest absolute Gasteiger partial charge is 0.387 e. The summed E-state index contributed by atoms with van der Waals surface area (Å²) >= 11 is 0. The third-order valence-electron chi connectivity index (χ3n) is 5.98. The molecule has 9 heteroatoms. The summed E-state index contributed by atoms with van der Waals surface area (Å²) in [6, 6.07) is 10.1. The summed E-state index contributed by atoms with van der Waals surface area (Å²) in [5.74, 6) is 0.224. The maximum absolute atomic E-state index is 12.6. The van der Waals surface area contributed by atoms with Gasteiger partial charge >= 0.3 is 0 Å². The Labute approximate surface area is 187 Å². The predicted octanol–water partition coefficient (Wildman–Crippen LogP) is 0.658. The second kappa shape index (κ2) is 9.22. The van der Waals surface area contributed by atoms with Crippen molar-refractivity contribution in [2.24, 2.45) is 0 Å². The summed E-state index contributed by atoms with van der Waals surface area (Å²) in [4.78, 5) is 36.1. The summed E-state index contributed by atoms with van der Waals surface area (Å²) < 4.78 is 0. The molecule has 2 aliphatic rings. The van der Waals surface area contributed by atoms with Crippen LogP contribution < -0.4 is 10.6 Å². The van der Waals surface area contributed by atoms with E-state index in [1.54, 1.807) is 24.8 Å². The molecule has 3 heterocycles. The summed E-state index contributed by atoms with van der Waals surface area (Å²) in [5, 5.41) is 16.9. The number of carbonyl (C=O) groups is 2. The van der Waals surface area contributed by atoms with Crippen molar-refractivity contribution in [3.05, 3.63) is 53.5 Å². The number of hydrogen-bond acceptors (Lipinski definition) is 7. The van der Waals surface area contributed by atoms with Crippen molar-refractivity contribution in [3.63, 3.8) is 0 Å². The quantitative estimate of drug-likeness (QED) is 0.582. The Balaban J connectivity index is 1.27. The van der Waals surface area contributed by atoms with Crippen LogP contribution >= 0.6 is 0 Å². The minimum absolute atomic E-state index is 0.0478. The molecule has 3 N–H and O–H groups in total. The second-order valence-electron chi connectivity index (χ2n) is 8.96. The lowest BCUT2D eigenvalue weighted by molar-refractivity contribution is -0.132. The van der Waals surface area contributed by atoms with E-state index in [9.17, 15) is 14.7 Å². The molecule has 1 aromatic carbocycles. The number of nitrogens with one attached hydrogen (secondary N) is 2. The van der Waals surface area contributed by atoms with Gasteiger partial charge in [0.15, 0.2) is 0 Å². The lowest BCUT2D eigenvalue weighted by atomic mass is 9.98. The minimum atomic E-state index is -1.07. The van der Waals surface area contributed by atoms with Crippen LogP contribution in [0.15, 0.2) is 36.7 Å². The Kier molecular flexibility index (Phi) is 6.38. The monoisotopic (exact) mass is 438 g/mol. The maximum Gasteiger partial charge on any atom is 0.270 e. The van der Waals surface area contributed by atoms with Crippen LogP contribution in [0.2, 0.25) is 0 Å². The van der Waals surface area contributed by atoms with Crippen LogP contribution in [0.5, 0.6) is 0 Å². The van der Waals surface area contributed by atoms with E-state index < -0.39 is 5.60 Å². The molecule has 1 fully saturated rings. The van der Waals surface area contributed by atoms with Crippen LogP contribution in [0.4, 0.5) is 5.82 Å². The Morgan fingerprint density at radius 2 is 1.97 bits per heavy atom. The molecule has 0 radical (unpaired) electrons. The van der Waals surface area contributed by atoms with Crippen molar-refractivity contribution in [2.75, 3.05) is 38.0 Å². The van der Waals surface area contributed by atoms with E-state index in [-0.39, 0.29) is 30.1 Å². The molecule has 0 bridgehead atoms. The Bertz CT molecular complexity index is 989. The molecule has 9 nitrogen and oxygen atoms in total. The molecule has 1 aromatic heterocycles. The summed E-state index contributed by atoms with van der Waals surface area (Å²) in [6.45, 7) is 6.77. The molecule has 0 aliphatic carbocycles. The van der Waals surface area contributed by atoms with Gasteiger partial charge < -0.3 is 20.6 Å². The normalized spacial score (nSPS) is 18.3. The molecular weight excluding hydrogens is 408 g/mol. The van der Waals surface area contributed by atoms with E-state index in [0.29, 0.717) is 25.5 Å². The molecule has 1 atom stereocenters. The fourth-order valence-electron chi connectivity index (χ4n) is 4.18. The lowest BCUT2D eigenvalue weighted by Gasteiger charge is -2.39. The number of nitrogens with zero attached hydrogens (tertiary/aromatic N) is 4. The number of likely N-dealkylation sites (tertiary alicyclic amines) is 1. The van der Waals surface area contributed by atoms with E-state index in [1.165, 1.54) is 17.5 Å². The number of anilines is 1. The van der Waals surface area contributed by atoms with Gasteiger partial charge in [-0.25, -0.2) is 9.97 Å². The molecule has 32 heavy (non-hydrogen) atoms. The van der Waals surface area contributed by atoms with Gasteiger partial charge in [-0.3, -0.25) is 14.5 Å². The van der Waals surface area contributed by atoms with Gasteiger partial charge in [0, 0.05) is 52.3 Å². The van der Waals surface area contributed by atoms with E-state index in [4.69, 9.17) is 0 Å².